The Bertz CT molecular complexity index is 1090. The molecule has 3 rings (SSSR count). The van der Waals surface area contributed by atoms with Gasteiger partial charge in [-0.05, 0) is 77.1 Å². The van der Waals surface area contributed by atoms with E-state index in [4.69, 9.17) is 4.74 Å². The number of carbonyl (C=O) groups is 1. The minimum atomic E-state index is 0.0936. The van der Waals surface area contributed by atoms with Crippen LogP contribution in [0, 0.1) is 0 Å². The molecule has 0 radical (unpaired) electrons. The highest BCUT2D eigenvalue weighted by Crippen LogP contribution is 2.35. The van der Waals surface area contributed by atoms with Gasteiger partial charge in [-0.15, -0.1) is 0 Å². The summed E-state index contributed by atoms with van der Waals surface area (Å²) in [4.78, 5) is 11.2. The summed E-state index contributed by atoms with van der Waals surface area (Å²) in [6.45, 7) is 2.89. The van der Waals surface area contributed by atoms with Gasteiger partial charge in [0.2, 0.25) is 5.91 Å². The molecule has 190 valence electrons. The molecule has 0 saturated carbocycles. The van der Waals surface area contributed by atoms with E-state index < -0.39 is 0 Å². The smallest absolute Gasteiger partial charge is 0.229 e. The van der Waals surface area contributed by atoms with Gasteiger partial charge in [-0.25, -0.2) is 0 Å². The van der Waals surface area contributed by atoms with Crippen molar-refractivity contribution in [1.29, 1.82) is 0 Å². The number of nitrogens with one attached hydrogen (secondary N) is 1. The molecule has 3 aromatic carbocycles. The summed E-state index contributed by atoms with van der Waals surface area (Å²) in [7, 11) is 1.68. The van der Waals surface area contributed by atoms with Gasteiger partial charge in [-0.3, -0.25) is 4.79 Å². The van der Waals surface area contributed by atoms with Crippen LogP contribution >= 0.6 is 11.8 Å². The van der Waals surface area contributed by atoms with Crippen molar-refractivity contribution in [2.24, 2.45) is 0 Å². The zero-order valence-corrected chi connectivity index (χ0v) is 22.2. The fourth-order valence-corrected chi connectivity index (χ4v) is 4.99. The van der Waals surface area contributed by atoms with E-state index in [9.17, 15) is 9.90 Å². The molecule has 2 N–H and O–H groups in total. The largest absolute Gasteiger partial charge is 0.508 e. The molecule has 0 aliphatic heterocycles. The van der Waals surface area contributed by atoms with Crippen LogP contribution in [0.4, 0.5) is 0 Å². The normalized spacial score (nSPS) is 11.6. The van der Waals surface area contributed by atoms with Crippen LogP contribution < -0.4 is 10.1 Å². The van der Waals surface area contributed by atoms with Gasteiger partial charge < -0.3 is 15.2 Å². The number of allylic oxidation sites excluding steroid dienone is 1. The Labute approximate surface area is 219 Å². The van der Waals surface area contributed by atoms with Crippen LogP contribution in [0.3, 0.4) is 0 Å². The number of unbranched alkanes of at least 4 members (excludes halogenated alkanes) is 3. The van der Waals surface area contributed by atoms with Crippen molar-refractivity contribution in [3.8, 4) is 11.5 Å². The molecule has 0 unspecified atom stereocenters. The van der Waals surface area contributed by atoms with Crippen LogP contribution in [0.15, 0.2) is 78.9 Å². The van der Waals surface area contributed by atoms with Gasteiger partial charge in [0.25, 0.3) is 0 Å². The number of thioether (sulfide) groups is 1. The Morgan fingerprint density at radius 3 is 2.11 bits per heavy atom. The summed E-state index contributed by atoms with van der Waals surface area (Å²) in [5, 5.41) is 12.5. The van der Waals surface area contributed by atoms with Crippen LogP contribution in [0.1, 0.15) is 55.7 Å². The Morgan fingerprint density at radius 1 is 0.833 bits per heavy atom. The number of aromatic hydroxyl groups is 1. The SMILES string of the molecule is CC/C(=C(/c1ccc(O)cc1)c1ccc(OCCCCCCSCC(=O)NC)cc1)c1ccccc1. The molecule has 0 atom stereocenters. The van der Waals surface area contributed by atoms with Crippen LogP contribution in [0.2, 0.25) is 0 Å². The molecule has 0 bridgehead atoms. The van der Waals surface area contributed by atoms with E-state index in [1.54, 1.807) is 30.9 Å². The molecular formula is C31H37NO3S. The standard InChI is InChI=1S/C31H37NO3S/c1-3-29(24-11-7-6-8-12-24)31(25-13-17-27(33)18-14-25)26-15-19-28(20-16-26)35-21-9-4-5-10-22-36-23-30(34)32-2/h6-8,11-20,33H,3-5,9-10,21-23H2,1-2H3,(H,32,34)/b31-29+. The molecule has 3 aromatic rings. The van der Waals surface area contributed by atoms with E-state index in [1.807, 2.05) is 30.3 Å². The number of benzene rings is 3. The number of hydrogen-bond donors (Lipinski definition) is 2. The van der Waals surface area contributed by atoms with Crippen LogP contribution in [0.5, 0.6) is 11.5 Å². The second-order valence-electron chi connectivity index (χ2n) is 8.63. The van der Waals surface area contributed by atoms with Crippen molar-refractivity contribution < 1.29 is 14.6 Å². The Balaban J connectivity index is 1.60. The number of amides is 1. The molecule has 0 saturated heterocycles. The Morgan fingerprint density at radius 2 is 1.47 bits per heavy atom. The quantitative estimate of drug-likeness (QED) is 0.181. The third-order valence-corrected chi connectivity index (χ3v) is 7.08. The molecule has 0 spiro atoms. The topological polar surface area (TPSA) is 58.6 Å². The monoisotopic (exact) mass is 503 g/mol. The van der Waals surface area contributed by atoms with Crippen molar-refractivity contribution in [2.75, 3.05) is 25.2 Å². The second-order valence-corrected chi connectivity index (χ2v) is 9.74. The average molecular weight is 504 g/mol. The minimum Gasteiger partial charge on any atom is -0.508 e. The maximum absolute atomic E-state index is 11.2. The molecule has 0 heterocycles. The Kier molecular flexibility index (Phi) is 11.5. The van der Waals surface area contributed by atoms with Crippen molar-refractivity contribution in [1.82, 2.24) is 5.32 Å². The maximum Gasteiger partial charge on any atom is 0.229 e. The molecule has 0 aromatic heterocycles. The molecule has 0 aliphatic carbocycles. The molecule has 0 fully saturated rings. The summed E-state index contributed by atoms with van der Waals surface area (Å²) < 4.78 is 6.00. The lowest BCUT2D eigenvalue weighted by atomic mass is 9.88. The first-order valence-electron chi connectivity index (χ1n) is 12.7. The Hall–Kier alpha value is -3.18. The van der Waals surface area contributed by atoms with Crippen molar-refractivity contribution >= 4 is 28.8 Å². The second kappa shape index (κ2) is 15.0. The van der Waals surface area contributed by atoms with Crippen LogP contribution in [0.25, 0.3) is 11.1 Å². The predicted molar refractivity (Wildman–Crippen MR) is 153 cm³/mol. The highest BCUT2D eigenvalue weighted by molar-refractivity contribution is 7.99. The number of phenolic OH excluding ortho intramolecular Hbond substituents is 1. The summed E-state index contributed by atoms with van der Waals surface area (Å²) in [5.74, 6) is 2.81. The average Bonchev–Trinajstić information content (AvgIpc) is 2.92. The van der Waals surface area contributed by atoms with Crippen molar-refractivity contribution in [3.63, 3.8) is 0 Å². The van der Waals surface area contributed by atoms with Crippen molar-refractivity contribution in [2.45, 2.75) is 39.0 Å². The highest BCUT2D eigenvalue weighted by Gasteiger charge is 2.13. The number of phenols is 1. The van der Waals surface area contributed by atoms with E-state index in [0.29, 0.717) is 12.4 Å². The van der Waals surface area contributed by atoms with Gasteiger partial charge >= 0.3 is 0 Å². The summed E-state index contributed by atoms with van der Waals surface area (Å²) in [6, 6.07) is 26.3. The fourth-order valence-electron chi connectivity index (χ4n) is 4.11. The molecule has 5 heteroatoms. The fraction of sp³-hybridized carbons (Fsp3) is 0.323. The van der Waals surface area contributed by atoms with Crippen LogP contribution in [-0.4, -0.2) is 36.2 Å². The molecule has 1 amide bonds. The lowest BCUT2D eigenvalue weighted by Gasteiger charge is -2.17. The van der Waals surface area contributed by atoms with E-state index in [0.717, 1.165) is 54.7 Å². The van der Waals surface area contributed by atoms with Crippen molar-refractivity contribution in [3.05, 3.63) is 95.6 Å². The first-order valence-corrected chi connectivity index (χ1v) is 13.9. The summed E-state index contributed by atoms with van der Waals surface area (Å²) in [6.07, 6.45) is 5.33. The van der Waals surface area contributed by atoms with E-state index >= 15 is 0 Å². The van der Waals surface area contributed by atoms with Gasteiger partial charge in [-0.2, -0.15) is 11.8 Å². The first kappa shape index (κ1) is 27.4. The maximum atomic E-state index is 11.2. The zero-order valence-electron chi connectivity index (χ0n) is 21.3. The van der Waals surface area contributed by atoms with Gasteiger partial charge in [0, 0.05) is 7.05 Å². The van der Waals surface area contributed by atoms with E-state index in [2.05, 4.69) is 48.6 Å². The lowest BCUT2D eigenvalue weighted by molar-refractivity contribution is -0.118. The summed E-state index contributed by atoms with van der Waals surface area (Å²) in [5.41, 5.74) is 5.85. The van der Waals surface area contributed by atoms with Gasteiger partial charge in [0.1, 0.15) is 11.5 Å². The molecule has 0 aliphatic rings. The van der Waals surface area contributed by atoms with Crippen LogP contribution in [-0.2, 0) is 4.79 Å². The third kappa shape index (κ3) is 8.49. The third-order valence-electron chi connectivity index (χ3n) is 6.04. The highest BCUT2D eigenvalue weighted by atomic mass is 32.2. The molecule has 36 heavy (non-hydrogen) atoms. The zero-order chi connectivity index (χ0) is 25.6. The van der Waals surface area contributed by atoms with E-state index in [-0.39, 0.29) is 11.7 Å². The minimum absolute atomic E-state index is 0.0936. The molecular weight excluding hydrogens is 466 g/mol. The van der Waals surface area contributed by atoms with Gasteiger partial charge in [0.05, 0.1) is 12.4 Å². The van der Waals surface area contributed by atoms with Gasteiger partial charge in [-0.1, -0.05) is 74.4 Å². The van der Waals surface area contributed by atoms with E-state index in [1.165, 1.54) is 16.7 Å². The first-order chi connectivity index (χ1) is 17.6. The molecule has 4 nitrogen and oxygen atoms in total. The lowest BCUT2D eigenvalue weighted by Crippen LogP contribution is -2.19. The number of hydrogen-bond acceptors (Lipinski definition) is 4. The number of carbonyl (C=O) groups excluding carboxylic acids is 1. The summed E-state index contributed by atoms with van der Waals surface area (Å²) >= 11 is 1.69. The van der Waals surface area contributed by atoms with Gasteiger partial charge in [0.15, 0.2) is 0 Å². The number of ether oxygens (including phenoxy) is 1. The predicted octanol–water partition coefficient (Wildman–Crippen LogP) is 7.18. The number of rotatable bonds is 14.